The smallest absolute Gasteiger partial charge is 0.414 e. The second kappa shape index (κ2) is 14.0. The minimum atomic E-state index is -2.50. The Balaban J connectivity index is 1.17. The Kier molecular flexibility index (Phi) is 9.36. The van der Waals surface area contributed by atoms with Crippen molar-refractivity contribution in [3.05, 3.63) is 119 Å². The lowest BCUT2D eigenvalue weighted by molar-refractivity contribution is -0.151. The molecule has 4 aromatic rings. The molecule has 4 aliphatic rings. The SMILES string of the molecule is COc1ccc([Si](C)(C)[C@@H]2[C@@H](CC(=O)N3Cc4ccccc4C[C@H]3CO)O[C@]3(C(=O)N(Cc4cccc(N5CCOC5=O)c4)c4ccccc43)[C@H]2C)cc1. The van der Waals surface area contributed by atoms with Gasteiger partial charge >= 0.3 is 6.09 Å². The molecule has 0 unspecified atom stereocenters. The van der Waals surface area contributed by atoms with Crippen LogP contribution in [-0.4, -0.2) is 75.0 Å². The molecule has 0 aliphatic carbocycles. The van der Waals surface area contributed by atoms with Gasteiger partial charge in [-0.3, -0.25) is 14.5 Å². The summed E-state index contributed by atoms with van der Waals surface area (Å²) in [5, 5.41) is 11.6. The van der Waals surface area contributed by atoms with Crippen LogP contribution in [-0.2, 0) is 44.2 Å². The molecular formula is C43H47N3O7Si. The van der Waals surface area contributed by atoms with Crippen LogP contribution in [0.3, 0.4) is 0 Å². The molecule has 3 amide bonds. The third kappa shape index (κ3) is 5.89. The molecule has 0 aromatic heterocycles. The average Bonchev–Trinajstić information content (AvgIpc) is 3.83. The Morgan fingerprint density at radius 3 is 2.43 bits per heavy atom. The Morgan fingerprint density at radius 2 is 1.70 bits per heavy atom. The first-order valence-corrected chi connectivity index (χ1v) is 21.9. The molecule has 0 radical (unpaired) electrons. The molecule has 1 spiro atoms. The number of ether oxygens (including phenoxy) is 3. The van der Waals surface area contributed by atoms with Crippen molar-refractivity contribution in [1.82, 2.24) is 4.90 Å². The maximum atomic E-state index is 15.2. The lowest BCUT2D eigenvalue weighted by atomic mass is 9.82. The first kappa shape index (κ1) is 36.0. The van der Waals surface area contributed by atoms with Gasteiger partial charge in [0.05, 0.1) is 59.1 Å². The summed E-state index contributed by atoms with van der Waals surface area (Å²) in [6.45, 7) is 8.11. The number of methoxy groups -OCH3 is 1. The standard InChI is InChI=1S/C43H47N3O7Si/c1-28-40(54(3,4)35-18-16-34(51-2)17-19-35)38(24-39(48)45-26-31-12-6-5-11-30(31)23-33(45)27-47)53-43(28)36-14-7-8-15-37(36)46(41(43)49)25-29-10-9-13-32(22-29)44-20-21-52-42(44)50/h5-19,22,28,33,38,40,47H,20-21,23-27H2,1-4H3/t28-,33-,38+,40-,43+/m0/s1. The molecule has 0 saturated carbocycles. The van der Waals surface area contributed by atoms with E-state index in [1.54, 1.807) is 21.8 Å². The van der Waals surface area contributed by atoms with Gasteiger partial charge in [-0.2, -0.15) is 0 Å². The van der Waals surface area contributed by atoms with E-state index in [9.17, 15) is 14.7 Å². The number of para-hydroxylation sites is 1. The second-order valence-corrected chi connectivity index (χ2v) is 20.2. The van der Waals surface area contributed by atoms with Gasteiger partial charge in [-0.25, -0.2) is 4.79 Å². The fourth-order valence-corrected chi connectivity index (χ4v) is 13.6. The molecule has 54 heavy (non-hydrogen) atoms. The zero-order valence-corrected chi connectivity index (χ0v) is 32.2. The molecule has 280 valence electrons. The van der Waals surface area contributed by atoms with E-state index in [1.165, 1.54) is 5.19 Å². The molecule has 5 atom stereocenters. The van der Waals surface area contributed by atoms with Crippen LogP contribution >= 0.6 is 0 Å². The maximum Gasteiger partial charge on any atom is 0.414 e. The molecule has 2 fully saturated rings. The van der Waals surface area contributed by atoms with Crippen LogP contribution in [0.15, 0.2) is 97.1 Å². The summed E-state index contributed by atoms with van der Waals surface area (Å²) in [6, 6.07) is 31.4. The minimum absolute atomic E-state index is 0.0878. The Morgan fingerprint density at radius 1 is 0.963 bits per heavy atom. The zero-order valence-electron chi connectivity index (χ0n) is 31.2. The number of cyclic esters (lactones) is 1. The predicted octanol–water partition coefficient (Wildman–Crippen LogP) is 5.75. The van der Waals surface area contributed by atoms with Crippen LogP contribution < -0.4 is 19.7 Å². The number of nitrogens with zero attached hydrogens (tertiary/aromatic N) is 3. The van der Waals surface area contributed by atoms with E-state index in [0.29, 0.717) is 26.1 Å². The van der Waals surface area contributed by atoms with E-state index >= 15 is 4.79 Å². The topological polar surface area (TPSA) is 109 Å². The minimum Gasteiger partial charge on any atom is -0.497 e. The van der Waals surface area contributed by atoms with Crippen LogP contribution in [0.1, 0.15) is 35.6 Å². The van der Waals surface area contributed by atoms with Gasteiger partial charge in [-0.15, -0.1) is 0 Å². The highest BCUT2D eigenvalue weighted by Crippen LogP contribution is 2.60. The first-order chi connectivity index (χ1) is 26.1. The monoisotopic (exact) mass is 745 g/mol. The molecule has 1 N–H and O–H groups in total. The second-order valence-electron chi connectivity index (χ2n) is 15.5. The summed E-state index contributed by atoms with van der Waals surface area (Å²) in [6.07, 6.45) is -0.267. The lowest BCUT2D eigenvalue weighted by Gasteiger charge is -2.39. The average molecular weight is 746 g/mol. The van der Waals surface area contributed by atoms with E-state index < -0.39 is 19.8 Å². The molecule has 4 aromatic carbocycles. The quantitative estimate of drug-likeness (QED) is 0.218. The summed E-state index contributed by atoms with van der Waals surface area (Å²) in [7, 11) is -0.845. The normalized spacial score (nSPS) is 24.9. The van der Waals surface area contributed by atoms with Crippen molar-refractivity contribution in [1.29, 1.82) is 0 Å². The number of carbonyl (C=O) groups excluding carboxylic acids is 3. The molecule has 4 aliphatic heterocycles. The highest BCUT2D eigenvalue weighted by atomic mass is 28.3. The Labute approximate surface area is 317 Å². The number of benzene rings is 4. The van der Waals surface area contributed by atoms with E-state index in [2.05, 4.69) is 38.2 Å². The van der Waals surface area contributed by atoms with Crippen molar-refractivity contribution < 1.29 is 33.7 Å². The summed E-state index contributed by atoms with van der Waals surface area (Å²) < 4.78 is 17.9. The number of hydrogen-bond acceptors (Lipinski definition) is 7. The molecular weight excluding hydrogens is 699 g/mol. The van der Waals surface area contributed by atoms with Crippen LogP contribution in [0.4, 0.5) is 16.2 Å². The van der Waals surface area contributed by atoms with Crippen LogP contribution in [0.25, 0.3) is 0 Å². The predicted molar refractivity (Wildman–Crippen MR) is 209 cm³/mol. The van der Waals surface area contributed by atoms with Gasteiger partial charge in [-0.05, 0) is 59.0 Å². The molecule has 2 saturated heterocycles. The largest absolute Gasteiger partial charge is 0.497 e. The lowest BCUT2D eigenvalue weighted by Crippen LogP contribution is -2.52. The third-order valence-electron chi connectivity index (χ3n) is 12.3. The number of rotatable bonds is 9. The zero-order chi connectivity index (χ0) is 37.8. The van der Waals surface area contributed by atoms with Crippen molar-refractivity contribution in [3.8, 4) is 5.75 Å². The number of aliphatic hydroxyl groups excluding tert-OH is 1. The molecule has 0 bridgehead atoms. The third-order valence-corrected chi connectivity index (χ3v) is 16.7. The molecule has 8 rings (SSSR count). The summed E-state index contributed by atoms with van der Waals surface area (Å²) in [4.78, 5) is 47.4. The van der Waals surface area contributed by atoms with Gasteiger partial charge < -0.3 is 29.1 Å². The van der Waals surface area contributed by atoms with E-state index in [-0.39, 0.29) is 55.0 Å². The molecule has 11 heteroatoms. The summed E-state index contributed by atoms with van der Waals surface area (Å²) >= 11 is 0. The first-order valence-electron chi connectivity index (χ1n) is 18.8. The van der Waals surface area contributed by atoms with Crippen LogP contribution in [0.2, 0.25) is 18.6 Å². The van der Waals surface area contributed by atoms with Crippen LogP contribution in [0.5, 0.6) is 5.75 Å². The molecule has 4 heterocycles. The van der Waals surface area contributed by atoms with Crippen molar-refractivity contribution in [3.63, 3.8) is 0 Å². The number of anilines is 2. The number of amides is 3. The van der Waals surface area contributed by atoms with Crippen molar-refractivity contribution in [2.45, 2.75) is 69.2 Å². The van der Waals surface area contributed by atoms with Gasteiger partial charge in [-0.1, -0.05) is 91.9 Å². The highest BCUT2D eigenvalue weighted by molar-refractivity contribution is 6.91. The fourth-order valence-electron chi connectivity index (χ4n) is 9.59. The fraction of sp³-hybridized carbons (Fsp3) is 0.372. The number of hydrogen-bond donors (Lipinski definition) is 1. The molecule has 10 nitrogen and oxygen atoms in total. The van der Waals surface area contributed by atoms with Crippen molar-refractivity contribution >= 4 is 42.5 Å². The van der Waals surface area contributed by atoms with Crippen molar-refractivity contribution in [2.75, 3.05) is 36.7 Å². The van der Waals surface area contributed by atoms with E-state index in [1.807, 2.05) is 78.9 Å². The van der Waals surface area contributed by atoms with Gasteiger partial charge in [0.15, 0.2) is 5.60 Å². The Bertz CT molecular complexity index is 2090. The maximum absolute atomic E-state index is 15.2. The summed E-state index contributed by atoms with van der Waals surface area (Å²) in [5.41, 5.74) is 3.97. The van der Waals surface area contributed by atoms with Gasteiger partial charge in [0, 0.05) is 23.7 Å². The van der Waals surface area contributed by atoms with E-state index in [4.69, 9.17) is 14.2 Å². The van der Waals surface area contributed by atoms with Crippen molar-refractivity contribution in [2.24, 2.45) is 5.92 Å². The highest BCUT2D eigenvalue weighted by Gasteiger charge is 2.66. The summed E-state index contributed by atoms with van der Waals surface area (Å²) in [5.74, 6) is 0.250. The Hall–Kier alpha value is -4.97. The number of carbonyl (C=O) groups is 3. The van der Waals surface area contributed by atoms with E-state index in [0.717, 1.165) is 39.4 Å². The van der Waals surface area contributed by atoms with Crippen LogP contribution in [0, 0.1) is 5.92 Å². The number of aliphatic hydroxyl groups is 1. The van der Waals surface area contributed by atoms with Gasteiger partial charge in [0.1, 0.15) is 12.4 Å². The van der Waals surface area contributed by atoms with Gasteiger partial charge in [0.25, 0.3) is 5.91 Å². The van der Waals surface area contributed by atoms with Gasteiger partial charge in [0.2, 0.25) is 5.91 Å². The number of fused-ring (bicyclic) bond motifs is 3.